The number of hydrogen-bond donors (Lipinski definition) is 1. The number of piperidine rings is 1. The van der Waals surface area contributed by atoms with Gasteiger partial charge in [-0.1, -0.05) is 29.3 Å². The van der Waals surface area contributed by atoms with Gasteiger partial charge >= 0.3 is 0 Å². The average Bonchev–Trinajstić information content (AvgIpc) is 2.59. The van der Waals surface area contributed by atoms with Crippen LogP contribution in [0.2, 0.25) is 10.2 Å². The third-order valence-electron chi connectivity index (χ3n) is 4.25. The molecule has 2 heterocycles. The van der Waals surface area contributed by atoms with E-state index in [1.54, 1.807) is 12.1 Å². The van der Waals surface area contributed by atoms with Gasteiger partial charge in [0.05, 0.1) is 0 Å². The molecule has 1 N–H and O–H groups in total. The Bertz CT molecular complexity index is 728. The van der Waals surface area contributed by atoms with E-state index in [0.29, 0.717) is 10.2 Å². The van der Waals surface area contributed by atoms with Crippen LogP contribution < -0.4 is 10.2 Å². The van der Waals surface area contributed by atoms with Crippen molar-refractivity contribution in [3.63, 3.8) is 0 Å². The van der Waals surface area contributed by atoms with Crippen molar-refractivity contribution >= 4 is 40.6 Å². The molecule has 1 fully saturated rings. The summed E-state index contributed by atoms with van der Waals surface area (Å²) in [5, 5.41) is 11.9. The fourth-order valence-electron chi connectivity index (χ4n) is 2.76. The smallest absolute Gasteiger partial charge is 0.227 e. The third-order valence-corrected chi connectivity index (χ3v) is 4.86. The molecule has 0 saturated carbocycles. The molecule has 1 amide bonds. The maximum Gasteiger partial charge on any atom is 0.227 e. The van der Waals surface area contributed by atoms with Crippen LogP contribution in [0.3, 0.4) is 0 Å². The lowest BCUT2D eigenvalue weighted by atomic mass is 9.96. The quantitative estimate of drug-likeness (QED) is 0.895. The maximum absolute atomic E-state index is 12.4. The Hall–Kier alpha value is -1.85. The van der Waals surface area contributed by atoms with E-state index in [1.807, 2.05) is 25.1 Å². The van der Waals surface area contributed by atoms with E-state index in [1.165, 1.54) is 0 Å². The summed E-state index contributed by atoms with van der Waals surface area (Å²) in [5.41, 5.74) is 1.73. The highest BCUT2D eigenvalue weighted by molar-refractivity contribution is 6.31. The molecule has 126 valence electrons. The molecule has 0 aliphatic carbocycles. The van der Waals surface area contributed by atoms with E-state index in [4.69, 9.17) is 23.2 Å². The molecule has 0 atom stereocenters. The molecule has 0 bridgehead atoms. The molecule has 1 aliphatic rings. The molecule has 7 heteroatoms. The molecule has 1 aliphatic heterocycles. The van der Waals surface area contributed by atoms with Crippen molar-refractivity contribution in [2.45, 2.75) is 19.8 Å². The molecule has 0 unspecified atom stereocenters. The first-order valence-corrected chi connectivity index (χ1v) is 8.60. The minimum absolute atomic E-state index is 0.0124. The van der Waals surface area contributed by atoms with Crippen LogP contribution >= 0.6 is 23.2 Å². The van der Waals surface area contributed by atoms with Crippen LogP contribution in [0.15, 0.2) is 30.3 Å². The number of nitrogens with zero attached hydrogens (tertiary/aromatic N) is 3. The van der Waals surface area contributed by atoms with Gasteiger partial charge in [0.25, 0.3) is 0 Å². The van der Waals surface area contributed by atoms with Gasteiger partial charge in [0, 0.05) is 29.7 Å². The molecule has 1 aromatic heterocycles. The first-order chi connectivity index (χ1) is 11.5. The van der Waals surface area contributed by atoms with E-state index in [2.05, 4.69) is 20.4 Å². The number of halogens is 2. The van der Waals surface area contributed by atoms with Crippen LogP contribution in [0.25, 0.3) is 0 Å². The normalized spacial score (nSPS) is 15.4. The predicted octanol–water partition coefficient (Wildman–Crippen LogP) is 3.95. The first-order valence-electron chi connectivity index (χ1n) is 7.84. The molecule has 1 aromatic carbocycles. The summed E-state index contributed by atoms with van der Waals surface area (Å²) in [5.74, 6) is 0.821. The van der Waals surface area contributed by atoms with Gasteiger partial charge in [-0.15, -0.1) is 10.2 Å². The largest absolute Gasteiger partial charge is 0.355 e. The Morgan fingerprint density at radius 2 is 1.92 bits per heavy atom. The molecule has 2 aromatic rings. The SMILES string of the molecule is Cc1ccc(NC(=O)C2CCN(c3ccc(Cl)nn3)CC2)cc1Cl. The summed E-state index contributed by atoms with van der Waals surface area (Å²) in [6.45, 7) is 3.47. The van der Waals surface area contributed by atoms with Gasteiger partial charge < -0.3 is 10.2 Å². The average molecular weight is 365 g/mol. The van der Waals surface area contributed by atoms with Crippen LogP contribution in [0.4, 0.5) is 11.5 Å². The number of aromatic nitrogens is 2. The second kappa shape index (κ2) is 7.36. The Kier molecular flexibility index (Phi) is 5.21. The van der Waals surface area contributed by atoms with Gasteiger partial charge in [-0.05, 0) is 49.6 Å². The summed E-state index contributed by atoms with van der Waals surface area (Å²) in [4.78, 5) is 14.6. The van der Waals surface area contributed by atoms with Crippen molar-refractivity contribution in [1.29, 1.82) is 0 Å². The highest BCUT2D eigenvalue weighted by atomic mass is 35.5. The minimum Gasteiger partial charge on any atom is -0.355 e. The van der Waals surface area contributed by atoms with Crippen LogP contribution in [-0.2, 0) is 4.79 Å². The molecular formula is C17H18Cl2N4O. The minimum atomic E-state index is -0.0124. The monoisotopic (exact) mass is 364 g/mol. The van der Waals surface area contributed by atoms with Gasteiger partial charge in [0.1, 0.15) is 0 Å². The predicted molar refractivity (Wildman–Crippen MR) is 96.8 cm³/mol. The van der Waals surface area contributed by atoms with Crippen LogP contribution in [-0.4, -0.2) is 29.2 Å². The number of anilines is 2. The fraction of sp³-hybridized carbons (Fsp3) is 0.353. The third kappa shape index (κ3) is 3.97. The number of carbonyl (C=O) groups is 1. The van der Waals surface area contributed by atoms with Crippen molar-refractivity contribution in [2.24, 2.45) is 5.92 Å². The molecule has 0 spiro atoms. The van der Waals surface area contributed by atoms with E-state index in [-0.39, 0.29) is 11.8 Å². The molecule has 5 nitrogen and oxygen atoms in total. The highest BCUT2D eigenvalue weighted by Crippen LogP contribution is 2.25. The van der Waals surface area contributed by atoms with Crippen molar-refractivity contribution < 1.29 is 4.79 Å². The summed E-state index contributed by atoms with van der Waals surface area (Å²) in [6.07, 6.45) is 1.55. The van der Waals surface area contributed by atoms with Gasteiger partial charge in [0.15, 0.2) is 11.0 Å². The zero-order valence-electron chi connectivity index (χ0n) is 13.3. The van der Waals surface area contributed by atoms with Gasteiger partial charge in [0.2, 0.25) is 5.91 Å². The van der Waals surface area contributed by atoms with Crippen molar-refractivity contribution in [3.8, 4) is 0 Å². The number of benzene rings is 1. The van der Waals surface area contributed by atoms with Crippen molar-refractivity contribution in [3.05, 3.63) is 46.1 Å². The summed E-state index contributed by atoms with van der Waals surface area (Å²) >= 11 is 11.9. The van der Waals surface area contributed by atoms with Crippen LogP contribution in [0, 0.1) is 12.8 Å². The lowest BCUT2D eigenvalue weighted by molar-refractivity contribution is -0.120. The number of hydrogen-bond acceptors (Lipinski definition) is 4. The Morgan fingerprint density at radius 3 is 2.54 bits per heavy atom. The Balaban J connectivity index is 1.56. The Morgan fingerprint density at radius 1 is 1.17 bits per heavy atom. The van der Waals surface area contributed by atoms with Crippen LogP contribution in [0.5, 0.6) is 0 Å². The second-order valence-electron chi connectivity index (χ2n) is 5.93. The van der Waals surface area contributed by atoms with E-state index in [0.717, 1.165) is 43.0 Å². The lowest BCUT2D eigenvalue weighted by Crippen LogP contribution is -2.38. The molecular weight excluding hydrogens is 347 g/mol. The second-order valence-corrected chi connectivity index (χ2v) is 6.72. The maximum atomic E-state index is 12.4. The number of rotatable bonds is 3. The number of amides is 1. The van der Waals surface area contributed by atoms with E-state index >= 15 is 0 Å². The standard InChI is InChI=1S/C17H18Cl2N4O/c1-11-2-3-13(10-14(11)18)20-17(24)12-6-8-23(9-7-12)16-5-4-15(19)21-22-16/h2-5,10,12H,6-9H2,1H3,(H,20,24). The number of nitrogens with one attached hydrogen (secondary N) is 1. The first kappa shape index (κ1) is 17.0. The zero-order chi connectivity index (χ0) is 17.1. The fourth-order valence-corrected chi connectivity index (χ4v) is 3.04. The Labute approximate surface area is 151 Å². The summed E-state index contributed by atoms with van der Waals surface area (Å²) in [6, 6.07) is 9.14. The van der Waals surface area contributed by atoms with Crippen LogP contribution in [0.1, 0.15) is 18.4 Å². The van der Waals surface area contributed by atoms with Crippen molar-refractivity contribution in [2.75, 3.05) is 23.3 Å². The zero-order valence-corrected chi connectivity index (χ0v) is 14.8. The van der Waals surface area contributed by atoms with E-state index in [9.17, 15) is 4.79 Å². The van der Waals surface area contributed by atoms with E-state index < -0.39 is 0 Å². The van der Waals surface area contributed by atoms with Gasteiger partial charge in [-0.3, -0.25) is 4.79 Å². The van der Waals surface area contributed by atoms with Crippen molar-refractivity contribution in [1.82, 2.24) is 10.2 Å². The topological polar surface area (TPSA) is 58.1 Å². The highest BCUT2D eigenvalue weighted by Gasteiger charge is 2.25. The molecule has 0 radical (unpaired) electrons. The molecule has 3 rings (SSSR count). The summed E-state index contributed by atoms with van der Waals surface area (Å²) in [7, 11) is 0. The molecule has 24 heavy (non-hydrogen) atoms. The van der Waals surface area contributed by atoms with Gasteiger partial charge in [-0.2, -0.15) is 0 Å². The number of carbonyl (C=O) groups excluding carboxylic acids is 1. The lowest BCUT2D eigenvalue weighted by Gasteiger charge is -2.31. The summed E-state index contributed by atoms with van der Waals surface area (Å²) < 4.78 is 0. The van der Waals surface area contributed by atoms with Gasteiger partial charge in [-0.25, -0.2) is 0 Å². The molecule has 1 saturated heterocycles. The number of aryl methyl sites for hydroxylation is 1.